The van der Waals surface area contributed by atoms with Gasteiger partial charge in [-0.2, -0.15) is 4.98 Å². The van der Waals surface area contributed by atoms with E-state index in [9.17, 15) is 0 Å². The minimum atomic E-state index is 0.432. The molecule has 20 heavy (non-hydrogen) atoms. The van der Waals surface area contributed by atoms with Crippen LogP contribution in [0, 0.1) is 13.8 Å². The normalized spacial score (nSPS) is 14.2. The molecule has 2 aromatic heterocycles. The summed E-state index contributed by atoms with van der Waals surface area (Å²) in [5, 5.41) is 0. The molecule has 3 N–H and O–H groups in total. The minimum Gasteiger partial charge on any atom is -0.437 e. The third-order valence-corrected chi connectivity index (χ3v) is 3.30. The van der Waals surface area contributed by atoms with Gasteiger partial charge < -0.3 is 10.2 Å². The van der Waals surface area contributed by atoms with Crippen LogP contribution >= 0.6 is 0 Å². The number of nitrogens with one attached hydrogen (secondary N) is 1. The number of pyridine rings is 1. The lowest BCUT2D eigenvalue weighted by atomic mass is 10.3. The quantitative estimate of drug-likeness (QED) is 0.656. The predicted octanol–water partition coefficient (Wildman–Crippen LogP) is 2.44. The van der Waals surface area contributed by atoms with Gasteiger partial charge in [-0.05, 0) is 38.8 Å². The number of nitrogen functional groups attached to an aromatic ring is 1. The SMILES string of the molecule is Cc1ccc(Oc2nc(C3CC3)nc(NN)c2C)cn1. The molecule has 104 valence electrons. The smallest absolute Gasteiger partial charge is 0.227 e. The molecule has 2 aromatic rings. The Kier molecular flexibility index (Phi) is 3.23. The predicted molar refractivity (Wildman–Crippen MR) is 75.6 cm³/mol. The topological polar surface area (TPSA) is 86.0 Å². The number of hydrogen-bond donors (Lipinski definition) is 2. The Morgan fingerprint density at radius 2 is 2.05 bits per heavy atom. The third kappa shape index (κ3) is 2.55. The Labute approximate surface area is 117 Å². The lowest BCUT2D eigenvalue weighted by Gasteiger charge is -2.12. The molecule has 0 spiro atoms. The van der Waals surface area contributed by atoms with Gasteiger partial charge in [0, 0.05) is 11.6 Å². The van der Waals surface area contributed by atoms with E-state index in [0.29, 0.717) is 23.4 Å². The average molecular weight is 271 g/mol. The number of nitrogens with two attached hydrogens (primary N) is 1. The summed E-state index contributed by atoms with van der Waals surface area (Å²) in [6.07, 6.45) is 3.93. The van der Waals surface area contributed by atoms with Gasteiger partial charge >= 0.3 is 0 Å². The molecular formula is C14H17N5O. The highest BCUT2D eigenvalue weighted by atomic mass is 16.5. The highest BCUT2D eigenvalue weighted by Crippen LogP contribution is 2.40. The average Bonchev–Trinajstić information content (AvgIpc) is 3.28. The van der Waals surface area contributed by atoms with Crippen LogP contribution in [0.5, 0.6) is 11.6 Å². The van der Waals surface area contributed by atoms with Crippen molar-refractivity contribution in [3.8, 4) is 11.6 Å². The summed E-state index contributed by atoms with van der Waals surface area (Å²) >= 11 is 0. The van der Waals surface area contributed by atoms with Gasteiger partial charge in [0.05, 0.1) is 11.8 Å². The molecule has 6 nitrogen and oxygen atoms in total. The van der Waals surface area contributed by atoms with Gasteiger partial charge in [-0.15, -0.1) is 0 Å². The number of nitrogens with zero attached hydrogens (tertiary/aromatic N) is 3. The van der Waals surface area contributed by atoms with Crippen molar-refractivity contribution in [1.82, 2.24) is 15.0 Å². The van der Waals surface area contributed by atoms with Crippen molar-refractivity contribution in [1.29, 1.82) is 0 Å². The zero-order chi connectivity index (χ0) is 14.1. The van der Waals surface area contributed by atoms with E-state index in [4.69, 9.17) is 10.6 Å². The van der Waals surface area contributed by atoms with Gasteiger partial charge in [-0.1, -0.05) is 0 Å². The van der Waals surface area contributed by atoms with E-state index < -0.39 is 0 Å². The summed E-state index contributed by atoms with van der Waals surface area (Å²) in [5.41, 5.74) is 4.34. The Bertz CT molecular complexity index is 622. The van der Waals surface area contributed by atoms with Gasteiger partial charge in [0.2, 0.25) is 5.88 Å². The maximum absolute atomic E-state index is 5.82. The first-order valence-corrected chi connectivity index (χ1v) is 6.63. The fourth-order valence-corrected chi connectivity index (χ4v) is 1.90. The van der Waals surface area contributed by atoms with Gasteiger partial charge in [0.15, 0.2) is 5.82 Å². The fraction of sp³-hybridized carbons (Fsp3) is 0.357. The molecule has 0 radical (unpaired) electrons. The van der Waals surface area contributed by atoms with E-state index in [0.717, 1.165) is 29.9 Å². The first-order valence-electron chi connectivity index (χ1n) is 6.63. The van der Waals surface area contributed by atoms with E-state index in [1.807, 2.05) is 26.0 Å². The molecule has 0 aromatic carbocycles. The van der Waals surface area contributed by atoms with Gasteiger partial charge in [-0.25, -0.2) is 10.8 Å². The summed E-state index contributed by atoms with van der Waals surface area (Å²) in [4.78, 5) is 13.1. The molecule has 0 aliphatic heterocycles. The lowest BCUT2D eigenvalue weighted by Crippen LogP contribution is -2.13. The molecule has 1 aliphatic rings. The molecule has 1 aliphatic carbocycles. The molecule has 1 saturated carbocycles. The maximum atomic E-state index is 5.82. The molecule has 3 rings (SSSR count). The Hall–Kier alpha value is -2.21. The monoisotopic (exact) mass is 271 g/mol. The van der Waals surface area contributed by atoms with Crippen LogP contribution in [0.2, 0.25) is 0 Å². The van der Waals surface area contributed by atoms with Crippen LogP contribution in [0.1, 0.15) is 35.8 Å². The second-order valence-electron chi connectivity index (χ2n) is 5.02. The molecule has 0 saturated heterocycles. The molecule has 2 heterocycles. The van der Waals surface area contributed by atoms with Crippen LogP contribution in [0.4, 0.5) is 5.82 Å². The Morgan fingerprint density at radius 3 is 2.65 bits per heavy atom. The highest BCUT2D eigenvalue weighted by molar-refractivity contribution is 5.49. The first-order chi connectivity index (χ1) is 9.67. The van der Waals surface area contributed by atoms with Crippen LogP contribution in [-0.2, 0) is 0 Å². The molecule has 0 atom stereocenters. The largest absolute Gasteiger partial charge is 0.437 e. The second-order valence-corrected chi connectivity index (χ2v) is 5.02. The first kappa shape index (κ1) is 12.8. The van der Waals surface area contributed by atoms with Crippen LogP contribution in [-0.4, -0.2) is 15.0 Å². The summed E-state index contributed by atoms with van der Waals surface area (Å²) in [6, 6.07) is 3.77. The molecule has 1 fully saturated rings. The number of hydrogen-bond acceptors (Lipinski definition) is 6. The van der Waals surface area contributed by atoms with Crippen LogP contribution in [0.3, 0.4) is 0 Å². The van der Waals surface area contributed by atoms with Crippen molar-refractivity contribution in [3.05, 3.63) is 35.4 Å². The number of aryl methyl sites for hydroxylation is 1. The van der Waals surface area contributed by atoms with E-state index in [2.05, 4.69) is 20.4 Å². The van der Waals surface area contributed by atoms with Crippen LogP contribution in [0.15, 0.2) is 18.3 Å². The van der Waals surface area contributed by atoms with E-state index >= 15 is 0 Å². The fourth-order valence-electron chi connectivity index (χ4n) is 1.90. The van der Waals surface area contributed by atoms with Crippen molar-refractivity contribution in [2.75, 3.05) is 5.43 Å². The van der Waals surface area contributed by atoms with Gasteiger partial charge in [-0.3, -0.25) is 4.98 Å². The van der Waals surface area contributed by atoms with Crippen molar-refractivity contribution in [3.63, 3.8) is 0 Å². The van der Waals surface area contributed by atoms with Crippen molar-refractivity contribution >= 4 is 5.82 Å². The Morgan fingerprint density at radius 1 is 1.25 bits per heavy atom. The van der Waals surface area contributed by atoms with E-state index in [1.165, 1.54) is 0 Å². The molecule has 0 bridgehead atoms. The summed E-state index contributed by atoms with van der Waals surface area (Å²) < 4.78 is 5.82. The van der Waals surface area contributed by atoms with Crippen molar-refractivity contribution in [2.45, 2.75) is 32.6 Å². The Balaban J connectivity index is 1.94. The number of ether oxygens (including phenoxy) is 1. The zero-order valence-electron chi connectivity index (χ0n) is 11.6. The molecule has 6 heteroatoms. The minimum absolute atomic E-state index is 0.432. The number of aromatic nitrogens is 3. The van der Waals surface area contributed by atoms with E-state index in [1.54, 1.807) is 6.20 Å². The zero-order valence-corrected chi connectivity index (χ0v) is 11.6. The van der Waals surface area contributed by atoms with Crippen LogP contribution < -0.4 is 16.0 Å². The molecular weight excluding hydrogens is 254 g/mol. The summed E-state index contributed by atoms with van der Waals surface area (Å²) in [5.74, 6) is 8.53. The van der Waals surface area contributed by atoms with Crippen molar-refractivity contribution < 1.29 is 4.74 Å². The molecule has 0 amide bonds. The van der Waals surface area contributed by atoms with Crippen molar-refractivity contribution in [2.24, 2.45) is 5.84 Å². The number of rotatable bonds is 4. The number of hydrazine groups is 1. The van der Waals surface area contributed by atoms with E-state index in [-0.39, 0.29) is 0 Å². The van der Waals surface area contributed by atoms with Crippen LogP contribution in [0.25, 0.3) is 0 Å². The number of anilines is 1. The summed E-state index contributed by atoms with van der Waals surface area (Å²) in [6.45, 7) is 3.81. The maximum Gasteiger partial charge on any atom is 0.227 e. The standard InChI is InChI=1S/C14H17N5O/c1-8-3-6-11(7-16-8)20-14-9(2)12(19-15)17-13(18-14)10-4-5-10/h3,6-7,10H,4-5,15H2,1-2H3,(H,17,18,19). The summed E-state index contributed by atoms with van der Waals surface area (Å²) in [7, 11) is 0. The second kappa shape index (κ2) is 5.05. The van der Waals surface area contributed by atoms with Gasteiger partial charge in [0.1, 0.15) is 11.6 Å². The third-order valence-electron chi connectivity index (χ3n) is 3.30. The van der Waals surface area contributed by atoms with Gasteiger partial charge in [0.25, 0.3) is 0 Å². The lowest BCUT2D eigenvalue weighted by molar-refractivity contribution is 0.452. The highest BCUT2D eigenvalue weighted by Gasteiger charge is 2.28. The molecule has 0 unspecified atom stereocenters.